The number of rotatable bonds is 13. The summed E-state index contributed by atoms with van der Waals surface area (Å²) < 4.78 is 50.2. The zero-order valence-electron chi connectivity index (χ0n) is 33.5. The number of sulfonamides is 1. The maximum absolute atomic E-state index is 14.7. The first-order valence-corrected chi connectivity index (χ1v) is 21.3. The SMILES string of the molecule is C=C1CC(NC(=O)[C@@H]2CC(Oc3nccc4cc(OC)ccc34)CN2C(=O)[C@H](CCC(=O)N2CC[C@H]3C[C@@H]2C(=O)O3)NC(=O)OC(C)(C)C)(C(=O)NS(=O)(=O)C2CC2)C1. The van der Waals surface area contributed by atoms with Crippen LogP contribution in [-0.4, -0.2) is 126 Å². The number of nitrogens with one attached hydrogen (secondary N) is 3. The summed E-state index contributed by atoms with van der Waals surface area (Å²) in [5.74, 6) is -2.46. The number of piperidine rings is 1. The fourth-order valence-corrected chi connectivity index (χ4v) is 9.50. The summed E-state index contributed by atoms with van der Waals surface area (Å²) in [4.78, 5) is 89.0. The molecule has 2 aromatic rings. The molecule has 3 saturated heterocycles. The van der Waals surface area contributed by atoms with E-state index in [2.05, 4.69) is 26.9 Å². The van der Waals surface area contributed by atoms with Crippen LogP contribution in [0.2, 0.25) is 0 Å². The molecule has 0 spiro atoms. The quantitative estimate of drug-likeness (QED) is 0.194. The van der Waals surface area contributed by atoms with E-state index in [9.17, 15) is 37.2 Å². The number of nitrogens with zero attached hydrogens (tertiary/aromatic N) is 3. The standard InChI is InChI=1S/C40H50N6O12S/c1-22-19-40(20-22,37(51)44-59(53,54)27-7-8-27)43-33(48)30-18-26(56-34-28-9-6-24(55-5)16-23(28)12-14-41-34)21-46(30)35(49)29(42-38(52)58-39(2,3)4)10-11-32(47)45-15-13-25-17-31(45)36(50)57-25/h6,9,12,14,16,25-27,29-31H,1,7-8,10-11,13,15,17-21H2,2-5H3,(H,42,52)(H,43,48)(H,44,51)/t25-,26?,29-,30-,31+/m0/s1. The van der Waals surface area contributed by atoms with Gasteiger partial charge in [0.25, 0.3) is 5.91 Å². The van der Waals surface area contributed by atoms with E-state index < -0.39 is 86.3 Å². The van der Waals surface area contributed by atoms with E-state index in [4.69, 9.17) is 18.9 Å². The molecule has 18 nitrogen and oxygen atoms in total. The summed E-state index contributed by atoms with van der Waals surface area (Å²) in [6, 6.07) is 3.69. The first-order chi connectivity index (χ1) is 27.8. The van der Waals surface area contributed by atoms with Gasteiger partial charge in [-0.2, -0.15) is 0 Å². The predicted octanol–water partition coefficient (Wildman–Crippen LogP) is 2.00. The minimum absolute atomic E-state index is 0.0224. The summed E-state index contributed by atoms with van der Waals surface area (Å²) in [7, 11) is -2.42. The van der Waals surface area contributed by atoms with Crippen LogP contribution in [0.25, 0.3) is 10.8 Å². The van der Waals surface area contributed by atoms with Gasteiger partial charge in [0.05, 0.1) is 18.9 Å². The van der Waals surface area contributed by atoms with Crippen molar-refractivity contribution >= 4 is 56.5 Å². The van der Waals surface area contributed by atoms with E-state index in [0.29, 0.717) is 48.9 Å². The van der Waals surface area contributed by atoms with Crippen LogP contribution in [0.1, 0.15) is 78.6 Å². The van der Waals surface area contributed by atoms with Gasteiger partial charge in [-0.1, -0.05) is 12.2 Å². The van der Waals surface area contributed by atoms with Gasteiger partial charge in [0.2, 0.25) is 33.6 Å². The van der Waals surface area contributed by atoms with E-state index in [0.717, 1.165) is 5.39 Å². The fourth-order valence-electron chi connectivity index (χ4n) is 8.12. The molecule has 59 heavy (non-hydrogen) atoms. The van der Waals surface area contributed by atoms with Crippen LogP contribution < -0.4 is 24.8 Å². The van der Waals surface area contributed by atoms with Crippen molar-refractivity contribution in [2.24, 2.45) is 0 Å². The van der Waals surface area contributed by atoms with Crippen LogP contribution in [0, 0.1) is 0 Å². The Morgan fingerprint density at radius 2 is 1.81 bits per heavy atom. The monoisotopic (exact) mass is 838 g/mol. The molecule has 5 atom stereocenters. The third-order valence-electron chi connectivity index (χ3n) is 11.2. The molecule has 1 unspecified atom stereocenters. The average Bonchev–Trinajstić information content (AvgIpc) is 3.89. The molecule has 4 heterocycles. The summed E-state index contributed by atoms with van der Waals surface area (Å²) in [5, 5.41) is 6.05. The molecular weight excluding hydrogens is 789 g/mol. The van der Waals surface area contributed by atoms with Crippen LogP contribution in [0.3, 0.4) is 0 Å². The number of alkyl carbamates (subject to hydrolysis) is 1. The fraction of sp³-hybridized carbons (Fsp3) is 0.575. The molecule has 2 bridgehead atoms. The number of benzene rings is 1. The number of aromatic nitrogens is 1. The normalized spacial score (nSPS) is 24.1. The Balaban J connectivity index is 1.16. The lowest BCUT2D eigenvalue weighted by molar-refractivity contribution is -0.147. The molecule has 5 fully saturated rings. The van der Waals surface area contributed by atoms with Gasteiger partial charge < -0.3 is 39.4 Å². The van der Waals surface area contributed by atoms with Crippen LogP contribution in [0.5, 0.6) is 11.6 Å². The summed E-state index contributed by atoms with van der Waals surface area (Å²) in [6.07, 6.45) is 0.661. The first kappa shape index (κ1) is 41.7. The molecule has 19 heteroatoms. The van der Waals surface area contributed by atoms with Gasteiger partial charge in [-0.15, -0.1) is 0 Å². The van der Waals surface area contributed by atoms with Gasteiger partial charge in [-0.3, -0.25) is 23.9 Å². The number of fused-ring (bicyclic) bond motifs is 3. The summed E-state index contributed by atoms with van der Waals surface area (Å²) in [6.45, 7) is 8.96. The summed E-state index contributed by atoms with van der Waals surface area (Å²) >= 11 is 0. The third kappa shape index (κ3) is 9.08. The second-order valence-corrected chi connectivity index (χ2v) is 18.9. The Hall–Kier alpha value is -5.46. The molecule has 5 aliphatic rings. The van der Waals surface area contributed by atoms with Crippen molar-refractivity contribution in [3.05, 3.63) is 42.6 Å². The zero-order valence-corrected chi connectivity index (χ0v) is 34.3. The molecule has 3 N–H and O–H groups in total. The van der Waals surface area contributed by atoms with Gasteiger partial charge in [-0.25, -0.2) is 23.0 Å². The first-order valence-electron chi connectivity index (χ1n) is 19.8. The smallest absolute Gasteiger partial charge is 0.408 e. The highest BCUT2D eigenvalue weighted by Crippen LogP contribution is 2.39. The number of pyridine rings is 1. The van der Waals surface area contributed by atoms with Gasteiger partial charge in [0, 0.05) is 56.7 Å². The Morgan fingerprint density at radius 3 is 2.49 bits per heavy atom. The van der Waals surface area contributed by atoms with Crippen LogP contribution >= 0.6 is 0 Å². The van der Waals surface area contributed by atoms with Crippen molar-refractivity contribution < 1.29 is 56.1 Å². The Morgan fingerprint density at radius 1 is 1.07 bits per heavy atom. The van der Waals surface area contributed by atoms with E-state index in [1.165, 1.54) is 9.80 Å². The largest absolute Gasteiger partial charge is 0.497 e. The number of hydrogen-bond donors (Lipinski definition) is 3. The topological polar surface area (TPSA) is 229 Å². The van der Waals surface area contributed by atoms with Crippen molar-refractivity contribution in [1.82, 2.24) is 30.1 Å². The number of methoxy groups -OCH3 is 1. The summed E-state index contributed by atoms with van der Waals surface area (Å²) in [5.41, 5.74) is -1.97. The molecule has 5 amide bonds. The second kappa shape index (κ2) is 16.0. The maximum Gasteiger partial charge on any atom is 0.408 e. The lowest BCUT2D eigenvalue weighted by atomic mass is 9.72. The Kier molecular flexibility index (Phi) is 11.3. The number of amides is 5. The highest BCUT2D eigenvalue weighted by molar-refractivity contribution is 7.91. The van der Waals surface area contributed by atoms with Crippen molar-refractivity contribution in [2.75, 3.05) is 20.2 Å². The van der Waals surface area contributed by atoms with E-state index in [1.807, 2.05) is 0 Å². The van der Waals surface area contributed by atoms with Crippen molar-refractivity contribution in [1.29, 1.82) is 0 Å². The number of esters is 1. The van der Waals surface area contributed by atoms with E-state index >= 15 is 0 Å². The minimum Gasteiger partial charge on any atom is -0.497 e. The highest BCUT2D eigenvalue weighted by Gasteiger charge is 2.53. The Labute approximate surface area is 341 Å². The van der Waals surface area contributed by atoms with Gasteiger partial charge in [0.15, 0.2) is 0 Å². The second-order valence-electron chi connectivity index (χ2n) is 17.0. The lowest BCUT2D eigenvalue weighted by Crippen LogP contribution is -2.66. The number of carbonyl (C=O) groups excluding carboxylic acids is 6. The number of ether oxygens (including phenoxy) is 4. The average molecular weight is 839 g/mol. The predicted molar refractivity (Wildman–Crippen MR) is 209 cm³/mol. The van der Waals surface area contributed by atoms with Crippen LogP contribution in [0.15, 0.2) is 42.6 Å². The van der Waals surface area contributed by atoms with E-state index in [1.54, 1.807) is 58.3 Å². The highest BCUT2D eigenvalue weighted by atomic mass is 32.2. The van der Waals surface area contributed by atoms with E-state index in [-0.39, 0.29) is 50.6 Å². The van der Waals surface area contributed by atoms with Crippen molar-refractivity contribution in [2.45, 2.75) is 125 Å². The van der Waals surface area contributed by atoms with Gasteiger partial charge in [0.1, 0.15) is 47.2 Å². The molecular formula is C40H50N6O12S. The maximum atomic E-state index is 14.7. The van der Waals surface area contributed by atoms with Crippen molar-refractivity contribution in [3.8, 4) is 11.6 Å². The molecule has 2 saturated carbocycles. The molecule has 2 aliphatic carbocycles. The van der Waals surface area contributed by atoms with Gasteiger partial charge in [-0.05, 0) is 69.7 Å². The Bertz CT molecular complexity index is 2180. The third-order valence-corrected chi connectivity index (χ3v) is 13.0. The number of hydrogen-bond acceptors (Lipinski definition) is 13. The molecule has 7 rings (SSSR count). The van der Waals surface area contributed by atoms with Crippen molar-refractivity contribution in [3.63, 3.8) is 0 Å². The zero-order chi connectivity index (χ0) is 42.4. The van der Waals surface area contributed by atoms with Crippen LogP contribution in [-0.2, 0) is 43.5 Å². The molecule has 318 valence electrons. The number of carbonyl (C=O) groups is 6. The molecule has 1 aromatic heterocycles. The molecule has 3 aliphatic heterocycles. The van der Waals surface area contributed by atoms with Gasteiger partial charge >= 0.3 is 12.1 Å². The lowest BCUT2D eigenvalue weighted by Gasteiger charge is -2.43. The number of likely N-dealkylation sites (tertiary alicyclic amines) is 2. The molecule has 0 radical (unpaired) electrons. The van der Waals surface area contributed by atoms with Crippen LogP contribution in [0.4, 0.5) is 4.79 Å². The minimum atomic E-state index is -3.96. The molecule has 1 aromatic carbocycles.